The highest BCUT2D eigenvalue weighted by Gasteiger charge is 2.17. The van der Waals surface area contributed by atoms with Crippen molar-refractivity contribution in [3.8, 4) is 0 Å². The maximum atomic E-state index is 11.6. The van der Waals surface area contributed by atoms with Crippen LogP contribution in [-0.2, 0) is 14.3 Å². The molecule has 1 amide bonds. The zero-order valence-electron chi connectivity index (χ0n) is 11.2. The van der Waals surface area contributed by atoms with Crippen LogP contribution in [0.15, 0.2) is 4.52 Å². The number of carbonyl (C=O) groups is 1. The van der Waals surface area contributed by atoms with Crippen LogP contribution in [0.3, 0.4) is 0 Å². The highest BCUT2D eigenvalue weighted by molar-refractivity contribution is 5.89. The van der Waals surface area contributed by atoms with E-state index in [-0.39, 0.29) is 30.6 Å². The fourth-order valence-corrected chi connectivity index (χ4v) is 1.71. The average molecular weight is 269 g/mol. The number of hydrogen-bond donors (Lipinski definition) is 1. The summed E-state index contributed by atoms with van der Waals surface area (Å²) in [6, 6.07) is 0.115. The van der Waals surface area contributed by atoms with Crippen molar-refractivity contribution in [2.45, 2.75) is 38.7 Å². The number of rotatable bonds is 5. The molecule has 1 aromatic heterocycles. The van der Waals surface area contributed by atoms with Crippen molar-refractivity contribution in [2.24, 2.45) is 0 Å². The van der Waals surface area contributed by atoms with Crippen molar-refractivity contribution in [1.29, 1.82) is 0 Å². The second kappa shape index (κ2) is 6.63. The third kappa shape index (κ3) is 4.29. The number of carbonyl (C=O) groups excluding carboxylic acids is 1. The Morgan fingerprint density at radius 1 is 1.47 bits per heavy atom. The first-order valence-electron chi connectivity index (χ1n) is 6.48. The number of anilines is 1. The molecule has 7 nitrogen and oxygen atoms in total. The molecule has 1 fully saturated rings. The predicted molar refractivity (Wildman–Crippen MR) is 66.8 cm³/mol. The molecule has 2 heterocycles. The third-order valence-corrected chi connectivity index (χ3v) is 2.82. The van der Waals surface area contributed by atoms with Gasteiger partial charge >= 0.3 is 6.01 Å². The van der Waals surface area contributed by atoms with E-state index in [1.807, 2.05) is 13.8 Å². The highest BCUT2D eigenvalue weighted by Crippen LogP contribution is 2.13. The van der Waals surface area contributed by atoms with Crippen molar-refractivity contribution >= 4 is 11.9 Å². The van der Waals surface area contributed by atoms with Crippen molar-refractivity contribution in [2.75, 3.05) is 25.1 Å². The Balaban J connectivity index is 1.73. The second-order valence-electron chi connectivity index (χ2n) is 4.78. The summed E-state index contributed by atoms with van der Waals surface area (Å²) >= 11 is 0. The summed E-state index contributed by atoms with van der Waals surface area (Å²) in [5, 5.41) is 6.28. The lowest BCUT2D eigenvalue weighted by molar-refractivity contribution is -0.124. The topological polar surface area (TPSA) is 86.5 Å². The van der Waals surface area contributed by atoms with Crippen LogP contribution in [0.5, 0.6) is 0 Å². The molecule has 1 N–H and O–H groups in total. The van der Waals surface area contributed by atoms with Crippen molar-refractivity contribution in [3.05, 3.63) is 5.82 Å². The molecule has 19 heavy (non-hydrogen) atoms. The van der Waals surface area contributed by atoms with Crippen LogP contribution in [0.2, 0.25) is 0 Å². The zero-order valence-corrected chi connectivity index (χ0v) is 11.2. The molecule has 7 heteroatoms. The Bertz CT molecular complexity index is 413. The van der Waals surface area contributed by atoms with E-state index in [9.17, 15) is 4.79 Å². The van der Waals surface area contributed by atoms with Gasteiger partial charge in [-0.25, -0.2) is 0 Å². The lowest BCUT2D eigenvalue weighted by Crippen LogP contribution is -2.28. The van der Waals surface area contributed by atoms with Crippen LogP contribution in [0.25, 0.3) is 0 Å². The van der Waals surface area contributed by atoms with Crippen molar-refractivity contribution in [1.82, 2.24) is 10.1 Å². The van der Waals surface area contributed by atoms with E-state index in [4.69, 9.17) is 14.0 Å². The lowest BCUT2D eigenvalue weighted by Gasteiger charge is -2.21. The minimum atomic E-state index is -0.287. The maximum absolute atomic E-state index is 11.6. The summed E-state index contributed by atoms with van der Waals surface area (Å²) in [5.74, 6) is 0.444. The monoisotopic (exact) mass is 269 g/mol. The molecule has 0 aromatic carbocycles. The quantitative estimate of drug-likeness (QED) is 0.867. The van der Waals surface area contributed by atoms with Crippen LogP contribution in [0.1, 0.15) is 38.4 Å². The SMILES string of the molecule is CC(C)c1noc(NC(=O)COC2CCOCC2)n1. The van der Waals surface area contributed by atoms with E-state index in [2.05, 4.69) is 15.5 Å². The van der Waals surface area contributed by atoms with Gasteiger partial charge in [-0.05, 0) is 12.8 Å². The van der Waals surface area contributed by atoms with Crippen molar-refractivity contribution < 1.29 is 18.8 Å². The molecule has 2 rings (SSSR count). The van der Waals surface area contributed by atoms with Crippen LogP contribution in [-0.4, -0.2) is 42.0 Å². The standard InChI is InChI=1S/C12H19N3O4/c1-8(2)11-14-12(19-15-11)13-10(16)7-18-9-3-5-17-6-4-9/h8-9H,3-7H2,1-2H3,(H,13,14,15,16). The average Bonchev–Trinajstić information content (AvgIpc) is 2.86. The Hall–Kier alpha value is -1.47. The Morgan fingerprint density at radius 2 is 2.21 bits per heavy atom. The first-order chi connectivity index (χ1) is 9.15. The summed E-state index contributed by atoms with van der Waals surface area (Å²) in [6.07, 6.45) is 1.74. The van der Waals surface area contributed by atoms with Crippen LogP contribution in [0, 0.1) is 0 Å². The molecule has 0 bridgehead atoms. The number of ether oxygens (including phenoxy) is 2. The molecule has 1 aromatic rings. The molecule has 0 aliphatic carbocycles. The summed E-state index contributed by atoms with van der Waals surface area (Å²) < 4.78 is 15.6. The van der Waals surface area contributed by atoms with Gasteiger partial charge in [-0.1, -0.05) is 19.0 Å². The molecule has 0 unspecified atom stereocenters. The van der Waals surface area contributed by atoms with E-state index in [0.29, 0.717) is 19.0 Å². The first kappa shape index (κ1) is 14.0. The van der Waals surface area contributed by atoms with Gasteiger partial charge in [-0.2, -0.15) is 4.98 Å². The normalized spacial score (nSPS) is 16.8. The maximum Gasteiger partial charge on any atom is 0.328 e. The molecule has 0 atom stereocenters. The molecule has 1 aliphatic heterocycles. The number of aromatic nitrogens is 2. The fraction of sp³-hybridized carbons (Fsp3) is 0.750. The van der Waals surface area contributed by atoms with E-state index in [1.165, 1.54) is 0 Å². The summed E-state index contributed by atoms with van der Waals surface area (Å²) in [7, 11) is 0. The summed E-state index contributed by atoms with van der Waals surface area (Å²) in [6.45, 7) is 5.26. The van der Waals surface area contributed by atoms with Crippen LogP contribution in [0.4, 0.5) is 6.01 Å². The zero-order chi connectivity index (χ0) is 13.7. The predicted octanol–water partition coefficient (Wildman–Crippen LogP) is 1.33. The molecular weight excluding hydrogens is 250 g/mol. The number of amides is 1. The molecule has 0 spiro atoms. The van der Waals surface area contributed by atoms with E-state index < -0.39 is 0 Å². The van der Waals surface area contributed by atoms with E-state index >= 15 is 0 Å². The minimum Gasteiger partial charge on any atom is -0.381 e. The van der Waals surface area contributed by atoms with Gasteiger partial charge < -0.3 is 14.0 Å². The van der Waals surface area contributed by atoms with Gasteiger partial charge in [0.25, 0.3) is 5.91 Å². The Kier molecular flexibility index (Phi) is 4.86. The Labute approximate surface area is 111 Å². The Morgan fingerprint density at radius 3 is 2.84 bits per heavy atom. The van der Waals surface area contributed by atoms with Gasteiger partial charge in [0.1, 0.15) is 6.61 Å². The fourth-order valence-electron chi connectivity index (χ4n) is 1.71. The smallest absolute Gasteiger partial charge is 0.328 e. The number of nitrogens with one attached hydrogen (secondary N) is 1. The number of nitrogens with zero attached hydrogens (tertiary/aromatic N) is 2. The second-order valence-corrected chi connectivity index (χ2v) is 4.78. The molecule has 0 saturated carbocycles. The minimum absolute atomic E-state index is 0.00986. The van der Waals surface area contributed by atoms with Crippen LogP contribution >= 0.6 is 0 Å². The molecule has 1 saturated heterocycles. The molecule has 106 valence electrons. The lowest BCUT2D eigenvalue weighted by atomic mass is 10.2. The van der Waals surface area contributed by atoms with Crippen molar-refractivity contribution in [3.63, 3.8) is 0 Å². The summed E-state index contributed by atoms with van der Waals surface area (Å²) in [4.78, 5) is 15.7. The first-order valence-corrected chi connectivity index (χ1v) is 6.48. The van der Waals surface area contributed by atoms with Gasteiger partial charge in [-0.3, -0.25) is 10.1 Å². The van der Waals surface area contributed by atoms with Gasteiger partial charge in [0.2, 0.25) is 0 Å². The number of hydrogen-bond acceptors (Lipinski definition) is 6. The summed E-state index contributed by atoms with van der Waals surface area (Å²) in [5.41, 5.74) is 0. The van der Waals surface area contributed by atoms with E-state index in [0.717, 1.165) is 12.8 Å². The van der Waals surface area contributed by atoms with Gasteiger partial charge in [0.15, 0.2) is 5.82 Å². The molecule has 0 radical (unpaired) electrons. The van der Waals surface area contributed by atoms with Gasteiger partial charge in [0, 0.05) is 19.1 Å². The molecule has 1 aliphatic rings. The largest absolute Gasteiger partial charge is 0.381 e. The van der Waals surface area contributed by atoms with E-state index in [1.54, 1.807) is 0 Å². The van der Waals surface area contributed by atoms with Crippen LogP contribution < -0.4 is 5.32 Å². The van der Waals surface area contributed by atoms with Gasteiger partial charge in [-0.15, -0.1) is 0 Å². The molecular formula is C12H19N3O4. The van der Waals surface area contributed by atoms with Gasteiger partial charge in [0.05, 0.1) is 6.10 Å². The third-order valence-electron chi connectivity index (χ3n) is 2.82. The highest BCUT2D eigenvalue weighted by atomic mass is 16.5.